The van der Waals surface area contributed by atoms with E-state index in [4.69, 9.17) is 9.15 Å². The predicted molar refractivity (Wildman–Crippen MR) is 142 cm³/mol. The lowest BCUT2D eigenvalue weighted by Gasteiger charge is -2.15. The molecule has 5 aromatic rings. The molecule has 1 unspecified atom stereocenters. The number of carbonyl (C=O) groups excluding carboxylic acids is 1. The highest BCUT2D eigenvalue weighted by Gasteiger charge is 2.21. The van der Waals surface area contributed by atoms with E-state index in [-0.39, 0.29) is 12.2 Å². The summed E-state index contributed by atoms with van der Waals surface area (Å²) in [5.74, 6) is 0.153. The van der Waals surface area contributed by atoms with E-state index in [9.17, 15) is 14.7 Å². The van der Waals surface area contributed by atoms with Crippen molar-refractivity contribution < 1.29 is 23.8 Å². The SMILES string of the molecule is O=C(c1ccccc1)c1ccn(C(Cc2ccc(OCCc3coc(-c4ccccc4)n3)cc2)C(=O)O)c1. The Bertz CT molecular complexity index is 1500. The third-order valence-electron chi connectivity index (χ3n) is 6.21. The van der Waals surface area contributed by atoms with Crippen molar-refractivity contribution in [1.29, 1.82) is 0 Å². The van der Waals surface area contributed by atoms with Gasteiger partial charge < -0.3 is 18.8 Å². The van der Waals surface area contributed by atoms with Crippen LogP contribution in [0.3, 0.4) is 0 Å². The molecule has 0 radical (unpaired) electrons. The first-order valence-electron chi connectivity index (χ1n) is 12.3. The standard InChI is InChI=1S/C31H26N2O5/c34-29(23-7-3-1-4-8-23)25-15-17-33(20-25)28(31(35)36)19-22-11-13-27(14-12-22)37-18-16-26-21-38-30(32-26)24-9-5-2-6-10-24/h1-15,17,20-21,28H,16,18-19H2,(H,35,36). The Balaban J connectivity index is 1.17. The highest BCUT2D eigenvalue weighted by atomic mass is 16.5. The van der Waals surface area contributed by atoms with Gasteiger partial charge in [0.1, 0.15) is 18.1 Å². The topological polar surface area (TPSA) is 94.6 Å². The Kier molecular flexibility index (Phi) is 7.45. The zero-order valence-corrected chi connectivity index (χ0v) is 20.6. The van der Waals surface area contributed by atoms with Crippen molar-refractivity contribution in [3.05, 3.63) is 132 Å². The molecule has 0 aliphatic carbocycles. The number of carbonyl (C=O) groups is 2. The summed E-state index contributed by atoms with van der Waals surface area (Å²) >= 11 is 0. The van der Waals surface area contributed by atoms with Gasteiger partial charge in [0.2, 0.25) is 5.89 Å². The average Bonchev–Trinajstić information content (AvgIpc) is 3.63. The van der Waals surface area contributed by atoms with Gasteiger partial charge in [0.05, 0.1) is 12.3 Å². The molecule has 0 bridgehead atoms. The van der Waals surface area contributed by atoms with Crippen LogP contribution in [-0.4, -0.2) is 33.0 Å². The number of carboxylic acids is 1. The summed E-state index contributed by atoms with van der Waals surface area (Å²) in [7, 11) is 0. The van der Waals surface area contributed by atoms with E-state index in [1.165, 1.54) is 0 Å². The van der Waals surface area contributed by atoms with Gasteiger partial charge in [0.15, 0.2) is 5.78 Å². The van der Waals surface area contributed by atoms with Crippen LogP contribution in [-0.2, 0) is 17.6 Å². The van der Waals surface area contributed by atoms with Gasteiger partial charge in [-0.2, -0.15) is 0 Å². The van der Waals surface area contributed by atoms with Gasteiger partial charge in [-0.15, -0.1) is 0 Å². The van der Waals surface area contributed by atoms with Gasteiger partial charge in [-0.05, 0) is 35.9 Å². The maximum Gasteiger partial charge on any atom is 0.327 e. The summed E-state index contributed by atoms with van der Waals surface area (Å²) in [6.07, 6.45) is 5.74. The van der Waals surface area contributed by atoms with Crippen LogP contribution < -0.4 is 4.74 Å². The largest absolute Gasteiger partial charge is 0.493 e. The number of rotatable bonds is 11. The number of benzene rings is 3. The van der Waals surface area contributed by atoms with Crippen molar-refractivity contribution in [3.63, 3.8) is 0 Å². The molecule has 0 aliphatic rings. The first kappa shape index (κ1) is 24.8. The molecule has 1 N–H and O–H groups in total. The molecule has 0 spiro atoms. The average molecular weight is 507 g/mol. The van der Waals surface area contributed by atoms with Crippen molar-refractivity contribution in [3.8, 4) is 17.2 Å². The Morgan fingerprint density at radius 2 is 1.61 bits per heavy atom. The third kappa shape index (κ3) is 5.90. The number of ketones is 1. The fourth-order valence-electron chi connectivity index (χ4n) is 4.17. The van der Waals surface area contributed by atoms with Crippen LogP contribution in [0.15, 0.2) is 114 Å². The minimum Gasteiger partial charge on any atom is -0.493 e. The second-order valence-corrected chi connectivity index (χ2v) is 8.85. The predicted octanol–water partition coefficient (Wildman–Crippen LogP) is 5.86. The highest BCUT2D eigenvalue weighted by molar-refractivity contribution is 6.08. The van der Waals surface area contributed by atoms with Gasteiger partial charge in [-0.3, -0.25) is 4.79 Å². The Morgan fingerprint density at radius 1 is 0.895 bits per heavy atom. The van der Waals surface area contributed by atoms with Crippen molar-refractivity contribution in [2.45, 2.75) is 18.9 Å². The van der Waals surface area contributed by atoms with E-state index in [0.717, 1.165) is 16.8 Å². The Labute approximate surface area is 220 Å². The van der Waals surface area contributed by atoms with Crippen LogP contribution >= 0.6 is 0 Å². The van der Waals surface area contributed by atoms with Crippen LogP contribution in [0.2, 0.25) is 0 Å². The third-order valence-corrected chi connectivity index (χ3v) is 6.21. The fraction of sp³-hybridized carbons (Fsp3) is 0.129. The van der Waals surface area contributed by atoms with Crippen LogP contribution in [0.25, 0.3) is 11.5 Å². The van der Waals surface area contributed by atoms with Gasteiger partial charge >= 0.3 is 5.97 Å². The number of ether oxygens (including phenoxy) is 1. The van der Waals surface area contributed by atoms with Gasteiger partial charge in [0.25, 0.3) is 0 Å². The van der Waals surface area contributed by atoms with Crippen molar-refractivity contribution in [2.24, 2.45) is 0 Å². The molecule has 0 saturated heterocycles. The smallest absolute Gasteiger partial charge is 0.327 e. The minimum absolute atomic E-state index is 0.142. The number of aromatic nitrogens is 2. The summed E-state index contributed by atoms with van der Waals surface area (Å²) in [6, 6.07) is 26.8. The van der Waals surface area contributed by atoms with E-state index in [1.807, 2.05) is 60.7 Å². The maximum absolute atomic E-state index is 12.7. The van der Waals surface area contributed by atoms with Crippen LogP contribution in [0, 0.1) is 0 Å². The highest BCUT2D eigenvalue weighted by Crippen LogP contribution is 2.22. The molecule has 38 heavy (non-hydrogen) atoms. The molecule has 2 heterocycles. The number of nitrogens with zero attached hydrogens (tertiary/aromatic N) is 2. The zero-order valence-electron chi connectivity index (χ0n) is 20.6. The Morgan fingerprint density at radius 3 is 2.32 bits per heavy atom. The van der Waals surface area contributed by atoms with E-state index in [2.05, 4.69) is 4.98 Å². The Hall–Kier alpha value is -4.91. The minimum atomic E-state index is -0.970. The zero-order chi connectivity index (χ0) is 26.3. The molecular weight excluding hydrogens is 480 g/mol. The van der Waals surface area contributed by atoms with Gasteiger partial charge in [0, 0.05) is 41.9 Å². The molecule has 0 saturated carbocycles. The summed E-state index contributed by atoms with van der Waals surface area (Å²) in [5.41, 5.74) is 3.59. The lowest BCUT2D eigenvalue weighted by molar-refractivity contribution is -0.140. The number of hydrogen-bond acceptors (Lipinski definition) is 5. The monoisotopic (exact) mass is 506 g/mol. The van der Waals surface area contributed by atoms with Crippen molar-refractivity contribution in [2.75, 3.05) is 6.61 Å². The number of carboxylic acid groups (broad SMARTS) is 1. The quantitative estimate of drug-likeness (QED) is 0.225. The van der Waals surface area contributed by atoms with Crippen LogP contribution in [0.1, 0.15) is 33.2 Å². The second-order valence-electron chi connectivity index (χ2n) is 8.85. The number of hydrogen-bond donors (Lipinski definition) is 1. The first-order chi connectivity index (χ1) is 18.6. The molecule has 2 aromatic heterocycles. The molecule has 0 fully saturated rings. The molecule has 0 amide bonds. The lowest BCUT2D eigenvalue weighted by Crippen LogP contribution is -2.20. The summed E-state index contributed by atoms with van der Waals surface area (Å²) in [4.78, 5) is 29.3. The van der Waals surface area contributed by atoms with Gasteiger partial charge in [-0.25, -0.2) is 9.78 Å². The molecule has 7 nitrogen and oxygen atoms in total. The van der Waals surface area contributed by atoms with E-state index >= 15 is 0 Å². The second kappa shape index (κ2) is 11.4. The number of aliphatic carboxylic acids is 1. The molecule has 3 aromatic carbocycles. The summed E-state index contributed by atoms with van der Waals surface area (Å²) in [5, 5.41) is 9.86. The van der Waals surface area contributed by atoms with E-state index in [0.29, 0.717) is 35.8 Å². The van der Waals surface area contributed by atoms with Gasteiger partial charge in [-0.1, -0.05) is 60.7 Å². The van der Waals surface area contributed by atoms with Crippen molar-refractivity contribution >= 4 is 11.8 Å². The molecule has 1 atom stereocenters. The molecule has 5 rings (SSSR count). The molecule has 190 valence electrons. The van der Waals surface area contributed by atoms with E-state index < -0.39 is 12.0 Å². The van der Waals surface area contributed by atoms with Crippen LogP contribution in [0.5, 0.6) is 5.75 Å². The lowest BCUT2D eigenvalue weighted by atomic mass is 10.1. The molecule has 0 aliphatic heterocycles. The summed E-state index contributed by atoms with van der Waals surface area (Å²) < 4.78 is 13.0. The fourth-order valence-corrected chi connectivity index (χ4v) is 4.17. The maximum atomic E-state index is 12.7. The molecular formula is C31H26N2O5. The van der Waals surface area contributed by atoms with E-state index in [1.54, 1.807) is 53.6 Å². The molecule has 7 heteroatoms. The van der Waals surface area contributed by atoms with Crippen molar-refractivity contribution in [1.82, 2.24) is 9.55 Å². The number of oxazole rings is 1. The first-order valence-corrected chi connectivity index (χ1v) is 12.3. The summed E-state index contributed by atoms with van der Waals surface area (Å²) in [6.45, 7) is 0.430. The normalized spacial score (nSPS) is 11.7. The van der Waals surface area contributed by atoms with Crippen LogP contribution in [0.4, 0.5) is 0 Å².